The van der Waals surface area contributed by atoms with E-state index in [1.165, 1.54) is 16.8 Å². The van der Waals surface area contributed by atoms with Gasteiger partial charge in [0.15, 0.2) is 17.2 Å². The molecular formula is C21H17FN6O4. The summed E-state index contributed by atoms with van der Waals surface area (Å²) in [5, 5.41) is 18.3. The Kier molecular flexibility index (Phi) is 3.88. The summed E-state index contributed by atoms with van der Waals surface area (Å²) in [4.78, 5) is 17.8. The number of rotatable bonds is 1. The summed E-state index contributed by atoms with van der Waals surface area (Å²) < 4.78 is 30.1. The third-order valence-corrected chi connectivity index (χ3v) is 5.84. The minimum atomic E-state index is -1.26. The van der Waals surface area contributed by atoms with Crippen LogP contribution in [0.4, 0.5) is 15.0 Å². The fourth-order valence-electron chi connectivity index (χ4n) is 4.40. The number of hydrogen-bond acceptors (Lipinski definition) is 6. The van der Waals surface area contributed by atoms with E-state index in [0.717, 1.165) is 4.90 Å². The van der Waals surface area contributed by atoms with Gasteiger partial charge < -0.3 is 19.1 Å². The summed E-state index contributed by atoms with van der Waals surface area (Å²) in [6.45, 7) is 0.312. The topological polar surface area (TPSA) is 107 Å². The average Bonchev–Trinajstić information content (AvgIpc) is 3.50. The van der Waals surface area contributed by atoms with Gasteiger partial charge in [0.1, 0.15) is 17.9 Å². The number of halogens is 1. The smallest absolute Gasteiger partial charge is 0.413 e. The van der Waals surface area contributed by atoms with Crippen LogP contribution < -0.4 is 14.4 Å². The summed E-state index contributed by atoms with van der Waals surface area (Å²) in [6.07, 6.45) is 3.64. The first-order valence-corrected chi connectivity index (χ1v) is 9.93. The second-order valence-electron chi connectivity index (χ2n) is 7.82. The Morgan fingerprint density at radius 1 is 1.22 bits per heavy atom. The molecule has 0 spiro atoms. The zero-order valence-electron chi connectivity index (χ0n) is 16.9. The SMILES string of the molecule is Cn1cnc(-c2cc3c(n4cnnc24)N(C(=O)O)Cc2c(F)ccc4c2[C@@H](CO4)CO3)c1. The molecule has 2 aliphatic rings. The van der Waals surface area contributed by atoms with Crippen LogP contribution in [-0.2, 0) is 13.6 Å². The number of fused-ring (bicyclic) bond motifs is 3. The summed E-state index contributed by atoms with van der Waals surface area (Å²) in [6, 6.07) is 4.58. The molecule has 1 atom stereocenters. The highest BCUT2D eigenvalue weighted by Gasteiger charge is 2.35. The lowest BCUT2D eigenvalue weighted by molar-refractivity contribution is 0.200. The highest BCUT2D eigenvalue weighted by Crippen LogP contribution is 2.43. The Morgan fingerprint density at radius 3 is 2.78 bits per heavy atom. The molecule has 10 nitrogen and oxygen atoms in total. The van der Waals surface area contributed by atoms with Crippen LogP contribution in [0.2, 0.25) is 0 Å². The first kappa shape index (κ1) is 18.6. The molecule has 0 fully saturated rings. The van der Waals surface area contributed by atoms with Crippen molar-refractivity contribution in [2.24, 2.45) is 7.05 Å². The summed E-state index contributed by atoms with van der Waals surface area (Å²) >= 11 is 0. The van der Waals surface area contributed by atoms with Gasteiger partial charge in [-0.15, -0.1) is 10.2 Å². The van der Waals surface area contributed by atoms with Gasteiger partial charge >= 0.3 is 6.09 Å². The number of imidazole rings is 1. The molecule has 1 amide bonds. The fraction of sp³-hybridized carbons (Fsp3) is 0.238. The van der Waals surface area contributed by atoms with Crippen molar-refractivity contribution in [2.75, 3.05) is 18.1 Å². The Balaban J connectivity index is 1.61. The molecule has 1 aromatic carbocycles. The van der Waals surface area contributed by atoms with Crippen LogP contribution in [0.25, 0.3) is 16.9 Å². The molecule has 2 aliphatic heterocycles. The lowest BCUT2D eigenvalue weighted by Crippen LogP contribution is -2.31. The predicted molar refractivity (Wildman–Crippen MR) is 110 cm³/mol. The summed E-state index contributed by atoms with van der Waals surface area (Å²) in [5.41, 5.74) is 2.61. The van der Waals surface area contributed by atoms with E-state index in [-0.39, 0.29) is 30.5 Å². The normalized spacial score (nSPS) is 17.1. The van der Waals surface area contributed by atoms with Crippen molar-refractivity contribution in [3.8, 4) is 22.8 Å². The number of aryl methyl sites for hydroxylation is 1. The number of aromatic nitrogens is 5. The van der Waals surface area contributed by atoms with Gasteiger partial charge in [-0.3, -0.25) is 9.30 Å². The lowest BCUT2D eigenvalue weighted by Gasteiger charge is -2.23. The van der Waals surface area contributed by atoms with E-state index < -0.39 is 11.9 Å². The number of carboxylic acid groups (broad SMARTS) is 1. The molecule has 4 aromatic rings. The molecule has 11 heteroatoms. The van der Waals surface area contributed by atoms with Crippen molar-refractivity contribution in [3.05, 3.63) is 54.0 Å². The average molecular weight is 436 g/mol. The van der Waals surface area contributed by atoms with E-state index in [2.05, 4.69) is 15.2 Å². The maximum Gasteiger partial charge on any atom is 0.413 e. The number of ether oxygens (including phenoxy) is 2. The molecular weight excluding hydrogens is 419 g/mol. The first-order valence-electron chi connectivity index (χ1n) is 9.93. The Hall–Kier alpha value is -4.15. The standard InChI is InChI=1S/C21H17FN6O4/c1-26-6-15(23-9-26)12-4-17-20(28-10-24-25-19(12)28)27(21(29)30)5-13-14(22)2-3-16-18(13)11(7-31-16)8-32-17/h2-4,6,9-11H,5,7-8H2,1H3,(H,29,30)/t11-/m0/s1. The van der Waals surface area contributed by atoms with E-state index in [1.807, 2.05) is 13.2 Å². The first-order chi connectivity index (χ1) is 15.5. The molecule has 0 unspecified atom stereocenters. The molecule has 3 aromatic heterocycles. The maximum atomic E-state index is 14.9. The number of carbonyl (C=O) groups is 1. The zero-order valence-corrected chi connectivity index (χ0v) is 16.9. The highest BCUT2D eigenvalue weighted by molar-refractivity contribution is 5.90. The van der Waals surface area contributed by atoms with E-state index in [1.54, 1.807) is 23.0 Å². The predicted octanol–water partition coefficient (Wildman–Crippen LogP) is 2.82. The van der Waals surface area contributed by atoms with Gasteiger partial charge in [-0.2, -0.15) is 0 Å². The number of nitrogens with zero attached hydrogens (tertiary/aromatic N) is 6. The van der Waals surface area contributed by atoms with E-state index in [4.69, 9.17) is 9.47 Å². The molecule has 0 bridgehead atoms. The number of pyridine rings is 1. The number of amides is 1. The molecule has 5 heterocycles. The van der Waals surface area contributed by atoms with Crippen molar-refractivity contribution in [1.82, 2.24) is 24.1 Å². The number of benzene rings is 1. The fourth-order valence-corrected chi connectivity index (χ4v) is 4.40. The highest BCUT2D eigenvalue weighted by atomic mass is 19.1. The minimum absolute atomic E-state index is 0.194. The summed E-state index contributed by atoms with van der Waals surface area (Å²) in [5.74, 6) is 0.346. The van der Waals surface area contributed by atoms with Gasteiger partial charge in [0.2, 0.25) is 0 Å². The molecule has 1 N–H and O–H groups in total. The number of hydrogen-bond donors (Lipinski definition) is 1. The van der Waals surface area contributed by atoms with Gasteiger partial charge in [-0.05, 0) is 18.2 Å². The molecule has 0 saturated heterocycles. The number of anilines is 1. The van der Waals surface area contributed by atoms with Crippen LogP contribution >= 0.6 is 0 Å². The van der Waals surface area contributed by atoms with Crippen LogP contribution in [0.1, 0.15) is 17.0 Å². The second-order valence-corrected chi connectivity index (χ2v) is 7.82. The van der Waals surface area contributed by atoms with Crippen LogP contribution in [0.15, 0.2) is 37.1 Å². The van der Waals surface area contributed by atoms with E-state index in [9.17, 15) is 14.3 Å². The van der Waals surface area contributed by atoms with Gasteiger partial charge in [-0.25, -0.2) is 14.2 Å². The van der Waals surface area contributed by atoms with E-state index >= 15 is 0 Å². The molecule has 0 radical (unpaired) electrons. The molecule has 0 aliphatic carbocycles. The van der Waals surface area contributed by atoms with Crippen LogP contribution in [0, 0.1) is 5.82 Å². The Bertz CT molecular complexity index is 1400. The third kappa shape index (κ3) is 2.63. The molecule has 32 heavy (non-hydrogen) atoms. The largest absolute Gasteiger partial charge is 0.493 e. The van der Waals surface area contributed by atoms with Gasteiger partial charge in [0, 0.05) is 24.4 Å². The van der Waals surface area contributed by atoms with Gasteiger partial charge in [-0.1, -0.05) is 0 Å². The van der Waals surface area contributed by atoms with Crippen molar-refractivity contribution in [1.29, 1.82) is 0 Å². The van der Waals surface area contributed by atoms with Crippen molar-refractivity contribution >= 4 is 17.6 Å². The minimum Gasteiger partial charge on any atom is -0.493 e. The van der Waals surface area contributed by atoms with Crippen LogP contribution in [0.3, 0.4) is 0 Å². The monoisotopic (exact) mass is 436 g/mol. The second kappa shape index (κ2) is 6.67. The van der Waals surface area contributed by atoms with Crippen LogP contribution in [0.5, 0.6) is 11.5 Å². The lowest BCUT2D eigenvalue weighted by atomic mass is 9.95. The maximum absolute atomic E-state index is 14.9. The molecule has 162 valence electrons. The van der Waals surface area contributed by atoms with E-state index in [0.29, 0.717) is 40.6 Å². The molecule has 0 saturated carbocycles. The van der Waals surface area contributed by atoms with Crippen molar-refractivity contribution < 1.29 is 23.8 Å². The van der Waals surface area contributed by atoms with Crippen LogP contribution in [-0.4, -0.2) is 48.6 Å². The van der Waals surface area contributed by atoms with Crippen molar-refractivity contribution in [2.45, 2.75) is 12.5 Å². The third-order valence-electron chi connectivity index (χ3n) is 5.84. The Morgan fingerprint density at radius 2 is 2.03 bits per heavy atom. The quantitative estimate of drug-likeness (QED) is 0.489. The van der Waals surface area contributed by atoms with Crippen molar-refractivity contribution in [3.63, 3.8) is 0 Å². The van der Waals surface area contributed by atoms with Gasteiger partial charge in [0.25, 0.3) is 0 Å². The molecule has 6 rings (SSSR count). The summed E-state index contributed by atoms with van der Waals surface area (Å²) in [7, 11) is 1.85. The van der Waals surface area contributed by atoms with Gasteiger partial charge in [0.05, 0.1) is 43.3 Å². The Labute approximate surface area is 180 Å². The zero-order chi connectivity index (χ0) is 22.0.